The molecule has 1 aliphatic heterocycles. The Bertz CT molecular complexity index is 400. The van der Waals surface area contributed by atoms with Crippen LogP contribution in [0.2, 0.25) is 0 Å². The molecule has 0 spiro atoms. The average molecular weight is 248 g/mol. The Morgan fingerprint density at radius 3 is 2.83 bits per heavy atom. The highest BCUT2D eigenvalue weighted by Gasteiger charge is 2.40. The highest BCUT2D eigenvalue weighted by atomic mass is 15.2. The van der Waals surface area contributed by atoms with Gasteiger partial charge in [0.05, 0.1) is 12.0 Å². The molecule has 3 rings (SSSR count). The molecule has 2 fully saturated rings. The summed E-state index contributed by atoms with van der Waals surface area (Å²) < 4.78 is 2.38. The molecule has 2 aliphatic rings. The van der Waals surface area contributed by atoms with Crippen LogP contribution in [0.3, 0.4) is 0 Å². The molecule has 1 aliphatic carbocycles. The number of hydrogen-bond acceptors (Lipinski definition) is 3. The van der Waals surface area contributed by atoms with E-state index < -0.39 is 0 Å². The van der Waals surface area contributed by atoms with Gasteiger partial charge < -0.3 is 14.8 Å². The van der Waals surface area contributed by atoms with Crippen LogP contribution in [0, 0.1) is 0 Å². The number of rotatable bonds is 4. The monoisotopic (exact) mass is 248 g/mol. The zero-order valence-corrected chi connectivity index (χ0v) is 11.5. The molecule has 2 heterocycles. The van der Waals surface area contributed by atoms with Crippen molar-refractivity contribution in [1.29, 1.82) is 0 Å². The topological polar surface area (TPSA) is 33.1 Å². The van der Waals surface area contributed by atoms with Gasteiger partial charge in [-0.05, 0) is 52.7 Å². The van der Waals surface area contributed by atoms with E-state index in [1.165, 1.54) is 37.8 Å². The fourth-order valence-electron chi connectivity index (χ4n) is 3.34. The number of aromatic nitrogens is 2. The summed E-state index contributed by atoms with van der Waals surface area (Å²) in [6.45, 7) is 2.24. The Kier molecular flexibility index (Phi) is 3.16. The normalized spacial score (nSPS) is 26.5. The van der Waals surface area contributed by atoms with Crippen LogP contribution in [0.1, 0.15) is 43.8 Å². The predicted octanol–water partition coefficient (Wildman–Crippen LogP) is 1.79. The van der Waals surface area contributed by atoms with E-state index in [9.17, 15) is 0 Å². The van der Waals surface area contributed by atoms with Gasteiger partial charge in [0, 0.05) is 24.3 Å². The van der Waals surface area contributed by atoms with Gasteiger partial charge in [-0.15, -0.1) is 0 Å². The van der Waals surface area contributed by atoms with Crippen LogP contribution < -0.4 is 5.32 Å². The van der Waals surface area contributed by atoms with Gasteiger partial charge in [0.2, 0.25) is 0 Å². The molecule has 1 saturated heterocycles. The van der Waals surface area contributed by atoms with Gasteiger partial charge in [-0.1, -0.05) is 0 Å². The molecule has 18 heavy (non-hydrogen) atoms. The maximum atomic E-state index is 4.37. The van der Waals surface area contributed by atoms with E-state index in [-0.39, 0.29) is 0 Å². The van der Waals surface area contributed by atoms with Crippen molar-refractivity contribution in [3.05, 3.63) is 18.2 Å². The van der Waals surface area contributed by atoms with Gasteiger partial charge in [-0.2, -0.15) is 0 Å². The minimum atomic E-state index is 0.369. The van der Waals surface area contributed by atoms with Gasteiger partial charge in [0.15, 0.2) is 0 Å². The lowest BCUT2D eigenvalue weighted by Crippen LogP contribution is -2.53. The molecule has 0 bridgehead atoms. The molecular weight excluding hydrogens is 224 g/mol. The van der Waals surface area contributed by atoms with Crippen molar-refractivity contribution in [1.82, 2.24) is 19.8 Å². The highest BCUT2D eigenvalue weighted by Crippen LogP contribution is 2.38. The summed E-state index contributed by atoms with van der Waals surface area (Å²) in [4.78, 5) is 6.78. The van der Waals surface area contributed by atoms with Crippen LogP contribution in [0.15, 0.2) is 12.5 Å². The summed E-state index contributed by atoms with van der Waals surface area (Å²) in [5.41, 5.74) is 1.74. The number of hydrogen-bond donors (Lipinski definition) is 1. The molecule has 0 unspecified atom stereocenters. The Morgan fingerprint density at radius 2 is 2.28 bits per heavy atom. The van der Waals surface area contributed by atoms with E-state index in [0.717, 1.165) is 13.1 Å². The van der Waals surface area contributed by atoms with Gasteiger partial charge in [-0.3, -0.25) is 0 Å². The number of imidazole rings is 1. The summed E-state index contributed by atoms with van der Waals surface area (Å²) in [6, 6.07) is 0.520. The van der Waals surface area contributed by atoms with Crippen molar-refractivity contribution in [2.75, 3.05) is 20.6 Å². The fourth-order valence-corrected chi connectivity index (χ4v) is 3.34. The molecule has 1 N–H and O–H groups in total. The SMILES string of the molecule is CN(C)C1(Cn2cncc2[C@@H]2CCCN2)CCC1. The minimum absolute atomic E-state index is 0.369. The van der Waals surface area contributed by atoms with E-state index in [0.29, 0.717) is 11.6 Å². The van der Waals surface area contributed by atoms with Gasteiger partial charge in [-0.25, -0.2) is 4.98 Å². The van der Waals surface area contributed by atoms with Gasteiger partial charge >= 0.3 is 0 Å². The predicted molar refractivity (Wildman–Crippen MR) is 72.5 cm³/mol. The minimum Gasteiger partial charge on any atom is -0.331 e. The number of likely N-dealkylation sites (N-methyl/N-ethyl adjacent to an activating group) is 1. The zero-order valence-electron chi connectivity index (χ0n) is 11.5. The summed E-state index contributed by atoms with van der Waals surface area (Å²) in [7, 11) is 4.42. The Morgan fingerprint density at radius 1 is 1.44 bits per heavy atom. The summed E-state index contributed by atoms with van der Waals surface area (Å²) in [5, 5.41) is 3.58. The highest BCUT2D eigenvalue weighted by molar-refractivity contribution is 5.09. The van der Waals surface area contributed by atoms with Crippen LogP contribution in [0.5, 0.6) is 0 Å². The lowest BCUT2D eigenvalue weighted by molar-refractivity contribution is 0.0413. The molecule has 1 aromatic rings. The van der Waals surface area contributed by atoms with Crippen LogP contribution in [0.25, 0.3) is 0 Å². The van der Waals surface area contributed by atoms with Crippen molar-refractivity contribution in [2.45, 2.75) is 50.2 Å². The van der Waals surface area contributed by atoms with Gasteiger partial charge in [0.1, 0.15) is 0 Å². The Labute approximate surface area is 109 Å². The van der Waals surface area contributed by atoms with Gasteiger partial charge in [0.25, 0.3) is 0 Å². The zero-order chi connectivity index (χ0) is 12.6. The lowest BCUT2D eigenvalue weighted by Gasteiger charge is -2.47. The molecule has 0 radical (unpaired) electrons. The number of nitrogens with zero attached hydrogens (tertiary/aromatic N) is 3. The first-order chi connectivity index (χ1) is 8.71. The van der Waals surface area contributed by atoms with Crippen LogP contribution in [-0.2, 0) is 6.54 Å². The molecule has 0 amide bonds. The first kappa shape index (κ1) is 12.2. The first-order valence-corrected chi connectivity index (χ1v) is 7.12. The van der Waals surface area contributed by atoms with E-state index in [1.54, 1.807) is 0 Å². The first-order valence-electron chi connectivity index (χ1n) is 7.12. The summed E-state index contributed by atoms with van der Waals surface area (Å²) in [5.74, 6) is 0. The lowest BCUT2D eigenvalue weighted by atomic mass is 9.75. The van der Waals surface area contributed by atoms with Crippen molar-refractivity contribution >= 4 is 0 Å². The third-order valence-electron chi connectivity index (χ3n) is 4.86. The third kappa shape index (κ3) is 1.97. The van der Waals surface area contributed by atoms with Crippen molar-refractivity contribution in [3.63, 3.8) is 0 Å². The quantitative estimate of drug-likeness (QED) is 0.882. The molecule has 100 valence electrons. The second-order valence-electron chi connectivity index (χ2n) is 6.07. The van der Waals surface area contributed by atoms with Crippen LogP contribution in [0.4, 0.5) is 0 Å². The van der Waals surface area contributed by atoms with E-state index in [2.05, 4.69) is 33.9 Å². The molecule has 4 nitrogen and oxygen atoms in total. The summed E-state index contributed by atoms with van der Waals surface area (Å²) in [6.07, 6.45) is 10.6. The second-order valence-corrected chi connectivity index (χ2v) is 6.07. The van der Waals surface area contributed by atoms with E-state index in [4.69, 9.17) is 0 Å². The molecule has 0 aromatic carbocycles. The van der Waals surface area contributed by atoms with Crippen LogP contribution in [-0.4, -0.2) is 40.6 Å². The molecule has 1 aromatic heterocycles. The smallest absolute Gasteiger partial charge is 0.0949 e. The van der Waals surface area contributed by atoms with Crippen molar-refractivity contribution < 1.29 is 0 Å². The van der Waals surface area contributed by atoms with E-state index >= 15 is 0 Å². The van der Waals surface area contributed by atoms with E-state index in [1.807, 2.05) is 12.5 Å². The maximum absolute atomic E-state index is 4.37. The van der Waals surface area contributed by atoms with Crippen molar-refractivity contribution in [2.24, 2.45) is 0 Å². The third-order valence-corrected chi connectivity index (χ3v) is 4.86. The standard InChI is InChI=1S/C14H24N4/c1-17(2)14(6-4-7-14)10-18-11-15-9-13(18)12-5-3-8-16-12/h9,11-12,16H,3-8,10H2,1-2H3/t12-/m0/s1. The second kappa shape index (κ2) is 4.67. The Balaban J connectivity index is 1.78. The summed E-state index contributed by atoms with van der Waals surface area (Å²) >= 11 is 0. The molecule has 1 saturated carbocycles. The molecule has 1 atom stereocenters. The fraction of sp³-hybridized carbons (Fsp3) is 0.786. The Hall–Kier alpha value is -0.870. The average Bonchev–Trinajstić information content (AvgIpc) is 2.93. The molecular formula is C14H24N4. The largest absolute Gasteiger partial charge is 0.331 e. The maximum Gasteiger partial charge on any atom is 0.0949 e. The van der Waals surface area contributed by atoms with Crippen molar-refractivity contribution in [3.8, 4) is 0 Å². The van der Waals surface area contributed by atoms with Crippen LogP contribution >= 0.6 is 0 Å². The molecule has 4 heteroatoms. The number of nitrogens with one attached hydrogen (secondary N) is 1.